The van der Waals surface area contributed by atoms with Crippen molar-refractivity contribution in [1.29, 1.82) is 0 Å². The van der Waals surface area contributed by atoms with Crippen molar-refractivity contribution in [3.8, 4) is 0 Å². The molecule has 0 amide bonds. The number of hydrogen-bond acceptors (Lipinski definition) is 6. The molecule has 1 saturated carbocycles. The Hall–Kier alpha value is -0.170. The maximum atomic E-state index is 9.38. The van der Waals surface area contributed by atoms with E-state index in [9.17, 15) is 5.11 Å². The van der Waals surface area contributed by atoms with Gasteiger partial charge in [-0.3, -0.25) is 0 Å². The van der Waals surface area contributed by atoms with Crippen LogP contribution in [0.25, 0.3) is 0 Å². The van der Waals surface area contributed by atoms with E-state index < -0.39 is 0 Å². The van der Waals surface area contributed by atoms with Gasteiger partial charge in [-0.25, -0.2) is 0 Å². The average molecular weight is 245 g/mol. The minimum absolute atomic E-state index is 0.162. The quantitative estimate of drug-likeness (QED) is 0.736. The fourth-order valence-electron chi connectivity index (χ4n) is 1.30. The third kappa shape index (κ3) is 3.41. The van der Waals surface area contributed by atoms with Gasteiger partial charge in [0.15, 0.2) is 4.34 Å². The fraction of sp³-hybridized carbons (Fsp3) is 0.778. The molecule has 0 aliphatic heterocycles. The Labute approximate surface area is 97.5 Å². The van der Waals surface area contributed by atoms with E-state index in [1.807, 2.05) is 0 Å². The van der Waals surface area contributed by atoms with Crippen molar-refractivity contribution < 1.29 is 5.11 Å². The second-order valence-corrected chi connectivity index (χ2v) is 6.19. The summed E-state index contributed by atoms with van der Waals surface area (Å²) in [4.78, 5) is 0. The molecule has 1 fully saturated rings. The summed E-state index contributed by atoms with van der Waals surface area (Å²) in [7, 11) is 0. The zero-order valence-electron chi connectivity index (χ0n) is 8.64. The summed E-state index contributed by atoms with van der Waals surface area (Å²) in [6.07, 6.45) is 2.47. The van der Waals surface area contributed by atoms with Crippen molar-refractivity contribution in [3.05, 3.63) is 5.51 Å². The summed E-state index contributed by atoms with van der Waals surface area (Å²) in [6.45, 7) is 2.22. The van der Waals surface area contributed by atoms with Crippen LogP contribution in [0.15, 0.2) is 9.85 Å². The highest BCUT2D eigenvalue weighted by molar-refractivity contribution is 8.01. The molecule has 1 heterocycles. The van der Waals surface area contributed by atoms with Gasteiger partial charge in [-0.1, -0.05) is 23.1 Å². The van der Waals surface area contributed by atoms with E-state index in [0.29, 0.717) is 6.04 Å². The summed E-state index contributed by atoms with van der Waals surface area (Å²) in [5.74, 6) is 0.829. The highest BCUT2D eigenvalue weighted by Gasteiger charge is 2.32. The van der Waals surface area contributed by atoms with Crippen molar-refractivity contribution in [2.75, 3.05) is 12.4 Å². The van der Waals surface area contributed by atoms with E-state index in [4.69, 9.17) is 0 Å². The van der Waals surface area contributed by atoms with Crippen molar-refractivity contribution in [1.82, 2.24) is 15.5 Å². The Morgan fingerprint density at radius 1 is 1.73 bits per heavy atom. The molecule has 1 unspecified atom stereocenters. The van der Waals surface area contributed by atoms with Crippen LogP contribution in [0.3, 0.4) is 0 Å². The Kier molecular flexibility index (Phi) is 3.60. The van der Waals surface area contributed by atoms with Crippen molar-refractivity contribution in [2.45, 2.75) is 35.7 Å². The first-order valence-electron chi connectivity index (χ1n) is 4.99. The van der Waals surface area contributed by atoms with E-state index in [2.05, 4.69) is 22.4 Å². The normalized spacial score (nSPS) is 20.1. The first kappa shape index (κ1) is 11.3. The summed E-state index contributed by atoms with van der Waals surface area (Å²) >= 11 is 3.19. The molecule has 0 bridgehead atoms. The lowest BCUT2D eigenvalue weighted by molar-refractivity contribution is 0.190. The van der Waals surface area contributed by atoms with E-state index in [0.717, 1.165) is 10.1 Å². The number of nitrogens with one attached hydrogen (secondary N) is 1. The van der Waals surface area contributed by atoms with Crippen molar-refractivity contribution >= 4 is 23.1 Å². The van der Waals surface area contributed by atoms with Crippen molar-refractivity contribution in [2.24, 2.45) is 0 Å². The smallest absolute Gasteiger partial charge is 0.174 e. The summed E-state index contributed by atoms with van der Waals surface area (Å²) in [5.41, 5.74) is 1.53. The van der Waals surface area contributed by atoms with Gasteiger partial charge in [0.2, 0.25) is 0 Å². The van der Waals surface area contributed by atoms with Crippen LogP contribution in [0, 0.1) is 0 Å². The highest BCUT2D eigenvalue weighted by Crippen LogP contribution is 2.27. The standard InChI is InChI=1S/C9H15N3OS2/c1-9(4-13,11-7-2-3-7)5-14-8-12-10-6-15-8/h6-7,11,13H,2-5H2,1H3. The van der Waals surface area contributed by atoms with Gasteiger partial charge in [0.1, 0.15) is 5.51 Å². The van der Waals surface area contributed by atoms with Crippen LogP contribution in [-0.4, -0.2) is 39.2 Å². The van der Waals surface area contributed by atoms with E-state index >= 15 is 0 Å². The second-order valence-electron chi connectivity index (χ2n) is 4.13. The number of aliphatic hydroxyl groups is 1. The number of thioether (sulfide) groups is 1. The maximum absolute atomic E-state index is 9.38. The molecule has 1 aromatic rings. The van der Waals surface area contributed by atoms with Crippen LogP contribution in [0.2, 0.25) is 0 Å². The minimum Gasteiger partial charge on any atom is -0.394 e. The largest absolute Gasteiger partial charge is 0.394 e. The third-order valence-corrected chi connectivity index (χ3v) is 4.57. The molecule has 2 rings (SSSR count). The van der Waals surface area contributed by atoms with Gasteiger partial charge < -0.3 is 10.4 Å². The van der Waals surface area contributed by atoms with Gasteiger partial charge >= 0.3 is 0 Å². The van der Waals surface area contributed by atoms with Gasteiger partial charge in [0, 0.05) is 17.3 Å². The predicted octanol–water partition coefficient (Wildman–Crippen LogP) is 1.13. The van der Waals surface area contributed by atoms with Crippen LogP contribution in [0.5, 0.6) is 0 Å². The average Bonchev–Trinajstić information content (AvgIpc) is 2.88. The fourth-order valence-corrected chi connectivity index (χ4v) is 2.88. The molecular weight excluding hydrogens is 230 g/mol. The van der Waals surface area contributed by atoms with Gasteiger partial charge in [-0.15, -0.1) is 10.2 Å². The van der Waals surface area contributed by atoms with Crippen LogP contribution in [0.4, 0.5) is 0 Å². The molecule has 1 aromatic heterocycles. The van der Waals surface area contributed by atoms with Crippen LogP contribution < -0.4 is 5.32 Å². The number of nitrogens with zero attached hydrogens (tertiary/aromatic N) is 2. The topological polar surface area (TPSA) is 58.0 Å². The lowest BCUT2D eigenvalue weighted by Gasteiger charge is -2.28. The van der Waals surface area contributed by atoms with Crippen LogP contribution >= 0.6 is 23.1 Å². The number of rotatable bonds is 6. The Bertz CT molecular complexity index is 302. The zero-order chi connectivity index (χ0) is 10.7. The summed E-state index contributed by atoms with van der Waals surface area (Å²) in [5, 5.41) is 20.6. The molecule has 4 nitrogen and oxygen atoms in total. The minimum atomic E-state index is -0.197. The Morgan fingerprint density at radius 2 is 2.53 bits per heavy atom. The molecular formula is C9H15N3OS2. The first-order chi connectivity index (χ1) is 7.22. The summed E-state index contributed by atoms with van der Waals surface area (Å²) < 4.78 is 0.965. The maximum Gasteiger partial charge on any atom is 0.174 e. The third-order valence-electron chi connectivity index (χ3n) is 2.33. The van der Waals surface area contributed by atoms with Crippen molar-refractivity contribution in [3.63, 3.8) is 0 Å². The molecule has 0 spiro atoms. The number of hydrogen-bond donors (Lipinski definition) is 2. The lowest BCUT2D eigenvalue weighted by atomic mass is 10.1. The molecule has 2 N–H and O–H groups in total. The van der Waals surface area contributed by atoms with Gasteiger partial charge in [-0.2, -0.15) is 0 Å². The van der Waals surface area contributed by atoms with Gasteiger partial charge in [0.05, 0.1) is 6.61 Å². The Morgan fingerprint density at radius 3 is 3.07 bits per heavy atom. The van der Waals surface area contributed by atoms with Gasteiger partial charge in [0.25, 0.3) is 0 Å². The second kappa shape index (κ2) is 4.78. The van der Waals surface area contributed by atoms with Crippen LogP contribution in [-0.2, 0) is 0 Å². The monoisotopic (exact) mass is 245 g/mol. The van der Waals surface area contributed by atoms with Gasteiger partial charge in [-0.05, 0) is 19.8 Å². The van der Waals surface area contributed by atoms with E-state index in [-0.39, 0.29) is 12.1 Å². The zero-order valence-corrected chi connectivity index (χ0v) is 10.3. The molecule has 1 aliphatic rings. The summed E-state index contributed by atoms with van der Waals surface area (Å²) in [6, 6.07) is 0.608. The van der Waals surface area contributed by atoms with Crippen LogP contribution in [0.1, 0.15) is 19.8 Å². The number of aliphatic hydroxyl groups excluding tert-OH is 1. The van der Waals surface area contributed by atoms with E-state index in [1.165, 1.54) is 24.2 Å². The molecule has 1 aliphatic carbocycles. The SMILES string of the molecule is CC(CO)(CSc1nncs1)NC1CC1. The Balaban J connectivity index is 1.83. The molecule has 0 saturated heterocycles. The highest BCUT2D eigenvalue weighted by atomic mass is 32.2. The van der Waals surface area contributed by atoms with E-state index in [1.54, 1.807) is 17.3 Å². The lowest BCUT2D eigenvalue weighted by Crippen LogP contribution is -2.49. The molecule has 1 atom stereocenters. The molecule has 6 heteroatoms. The first-order valence-corrected chi connectivity index (χ1v) is 6.86. The molecule has 84 valence electrons. The predicted molar refractivity (Wildman–Crippen MR) is 62.3 cm³/mol. The molecule has 0 radical (unpaired) electrons. The molecule has 0 aromatic carbocycles. The molecule has 15 heavy (non-hydrogen) atoms. The number of aromatic nitrogens is 2.